The quantitative estimate of drug-likeness (QED) is 0.314. The van der Waals surface area contributed by atoms with Crippen molar-refractivity contribution >= 4 is 22.6 Å². The van der Waals surface area contributed by atoms with Crippen molar-refractivity contribution < 1.29 is 4.74 Å². The van der Waals surface area contributed by atoms with Crippen LogP contribution in [0.5, 0.6) is 5.75 Å². The number of aromatic nitrogens is 3. The van der Waals surface area contributed by atoms with Crippen LogP contribution in [0.1, 0.15) is 23.6 Å². The Balaban J connectivity index is 1.58. The minimum absolute atomic E-state index is 0.712. The van der Waals surface area contributed by atoms with Crippen LogP contribution in [0.15, 0.2) is 73.2 Å². The Morgan fingerprint density at radius 2 is 1.81 bits per heavy atom. The minimum atomic E-state index is 0.712. The molecule has 0 aliphatic rings. The number of nitrogens with one attached hydrogen (secondary N) is 1. The number of benzene rings is 2. The number of halogens is 1. The first-order valence-electron chi connectivity index (χ1n) is 10.3. The summed E-state index contributed by atoms with van der Waals surface area (Å²) in [4.78, 5) is 4.28. The molecule has 0 spiro atoms. The van der Waals surface area contributed by atoms with E-state index in [1.165, 1.54) is 14.7 Å². The molecule has 2 aromatic heterocycles. The molecule has 0 saturated heterocycles. The summed E-state index contributed by atoms with van der Waals surface area (Å²) in [7, 11) is 1.71. The van der Waals surface area contributed by atoms with E-state index >= 15 is 0 Å². The van der Waals surface area contributed by atoms with Crippen LogP contribution in [0, 0.1) is 3.57 Å². The number of pyridine rings is 1. The highest BCUT2D eigenvalue weighted by molar-refractivity contribution is 14.1. The molecule has 0 aliphatic heterocycles. The van der Waals surface area contributed by atoms with Gasteiger partial charge >= 0.3 is 0 Å². The van der Waals surface area contributed by atoms with Crippen molar-refractivity contribution in [1.82, 2.24) is 20.1 Å². The summed E-state index contributed by atoms with van der Waals surface area (Å²) in [6.45, 7) is 3.67. The molecule has 0 saturated carbocycles. The van der Waals surface area contributed by atoms with E-state index in [1.807, 2.05) is 23.0 Å². The number of aryl methyl sites for hydroxylation is 1. The summed E-state index contributed by atoms with van der Waals surface area (Å²) in [5.74, 6) is 0.901. The van der Waals surface area contributed by atoms with Crippen molar-refractivity contribution in [2.45, 2.75) is 26.4 Å². The fourth-order valence-corrected chi connectivity index (χ4v) is 3.93. The summed E-state index contributed by atoms with van der Waals surface area (Å²) in [6.07, 6.45) is 6.72. The van der Waals surface area contributed by atoms with Crippen molar-refractivity contribution in [3.63, 3.8) is 0 Å². The molecule has 2 aromatic carbocycles. The minimum Gasteiger partial charge on any atom is -0.497 e. The first-order chi connectivity index (χ1) is 15.2. The van der Waals surface area contributed by atoms with Gasteiger partial charge in [-0.15, -0.1) is 0 Å². The third kappa shape index (κ3) is 5.14. The maximum Gasteiger partial charge on any atom is 0.119 e. The van der Waals surface area contributed by atoms with Gasteiger partial charge in [-0.3, -0.25) is 4.98 Å². The molecule has 0 bridgehead atoms. The lowest BCUT2D eigenvalue weighted by Crippen LogP contribution is -2.14. The van der Waals surface area contributed by atoms with Crippen LogP contribution >= 0.6 is 22.6 Å². The third-order valence-electron chi connectivity index (χ3n) is 5.24. The number of ether oxygens (including phenoxy) is 1. The van der Waals surface area contributed by atoms with Gasteiger partial charge in [-0.1, -0.05) is 13.0 Å². The van der Waals surface area contributed by atoms with Gasteiger partial charge in [0.2, 0.25) is 0 Å². The lowest BCUT2D eigenvalue weighted by Gasteiger charge is -2.11. The van der Waals surface area contributed by atoms with E-state index in [0.29, 0.717) is 6.54 Å². The Morgan fingerprint density at radius 3 is 2.52 bits per heavy atom. The Kier molecular flexibility index (Phi) is 6.99. The zero-order valence-electron chi connectivity index (χ0n) is 17.7. The average molecular weight is 524 g/mol. The van der Waals surface area contributed by atoms with E-state index in [1.54, 1.807) is 13.3 Å². The smallest absolute Gasteiger partial charge is 0.119 e. The summed E-state index contributed by atoms with van der Waals surface area (Å²) < 4.78 is 8.51. The summed E-state index contributed by atoms with van der Waals surface area (Å²) >= 11 is 2.32. The largest absolute Gasteiger partial charge is 0.497 e. The standard InChI is InChI=1S/C25H25IN4O/c1-3-18-13-24(31-2)11-6-19(18)14-28-16-21-17-30(23-9-7-22(26)8-10-23)29-25(21)20-5-4-12-27-15-20/h4-13,15,17,28H,3,14,16H2,1-2H3. The highest BCUT2D eigenvalue weighted by Crippen LogP contribution is 2.24. The van der Waals surface area contributed by atoms with Gasteiger partial charge in [0.05, 0.1) is 18.5 Å². The van der Waals surface area contributed by atoms with Gasteiger partial charge in [-0.25, -0.2) is 4.68 Å². The van der Waals surface area contributed by atoms with E-state index in [2.05, 4.69) is 88.5 Å². The Morgan fingerprint density at radius 1 is 1.00 bits per heavy atom. The molecule has 4 rings (SSSR count). The Labute approximate surface area is 196 Å². The van der Waals surface area contributed by atoms with Gasteiger partial charge in [0.1, 0.15) is 5.75 Å². The van der Waals surface area contributed by atoms with Gasteiger partial charge in [0.15, 0.2) is 0 Å². The fraction of sp³-hybridized carbons (Fsp3) is 0.200. The van der Waals surface area contributed by atoms with Crippen LogP contribution in [0.4, 0.5) is 0 Å². The topological polar surface area (TPSA) is 52.0 Å². The first kappa shape index (κ1) is 21.5. The normalized spacial score (nSPS) is 10.9. The predicted octanol–water partition coefficient (Wildman–Crippen LogP) is 5.40. The second kappa shape index (κ2) is 10.1. The van der Waals surface area contributed by atoms with Crippen LogP contribution in [0.25, 0.3) is 16.9 Å². The SMILES string of the molecule is CCc1cc(OC)ccc1CNCc1cn(-c2ccc(I)cc2)nc1-c1cccnc1. The number of methoxy groups -OCH3 is 1. The van der Waals surface area contributed by atoms with Crippen LogP contribution in [-0.4, -0.2) is 21.9 Å². The van der Waals surface area contributed by atoms with Crippen LogP contribution in [0.2, 0.25) is 0 Å². The third-order valence-corrected chi connectivity index (χ3v) is 5.96. The molecule has 0 aliphatic carbocycles. The Bertz CT molecular complexity index is 1140. The van der Waals surface area contributed by atoms with Gasteiger partial charge in [-0.05, 0) is 88.7 Å². The molecule has 0 fully saturated rings. The second-order valence-electron chi connectivity index (χ2n) is 7.26. The molecule has 0 unspecified atom stereocenters. The molecule has 0 atom stereocenters. The predicted molar refractivity (Wildman–Crippen MR) is 132 cm³/mol. The molecule has 0 radical (unpaired) electrons. The van der Waals surface area contributed by atoms with E-state index in [9.17, 15) is 0 Å². The number of rotatable bonds is 8. The van der Waals surface area contributed by atoms with Crippen LogP contribution in [0.3, 0.4) is 0 Å². The monoisotopic (exact) mass is 524 g/mol. The highest BCUT2D eigenvalue weighted by Gasteiger charge is 2.13. The summed E-state index contributed by atoms with van der Waals surface area (Å²) in [5.41, 5.74) is 6.73. The van der Waals surface area contributed by atoms with Crippen molar-refractivity contribution in [3.8, 4) is 22.7 Å². The highest BCUT2D eigenvalue weighted by atomic mass is 127. The number of nitrogens with zero attached hydrogens (tertiary/aromatic N) is 3. The lowest BCUT2D eigenvalue weighted by molar-refractivity contribution is 0.414. The van der Waals surface area contributed by atoms with E-state index < -0.39 is 0 Å². The fourth-order valence-electron chi connectivity index (χ4n) is 3.57. The summed E-state index contributed by atoms with van der Waals surface area (Å²) in [6, 6.07) is 18.6. The zero-order chi connectivity index (χ0) is 21.6. The maximum absolute atomic E-state index is 5.36. The van der Waals surface area contributed by atoms with Crippen molar-refractivity contribution in [2.24, 2.45) is 0 Å². The van der Waals surface area contributed by atoms with Gasteiger partial charge in [0.25, 0.3) is 0 Å². The zero-order valence-corrected chi connectivity index (χ0v) is 19.8. The molecule has 2 heterocycles. The number of hydrogen-bond acceptors (Lipinski definition) is 4. The molecule has 5 nitrogen and oxygen atoms in total. The number of hydrogen-bond donors (Lipinski definition) is 1. The van der Waals surface area contributed by atoms with Gasteiger partial charge in [-0.2, -0.15) is 5.10 Å². The molecule has 6 heteroatoms. The van der Waals surface area contributed by atoms with Crippen LogP contribution < -0.4 is 10.1 Å². The average Bonchev–Trinajstić information content (AvgIpc) is 3.24. The molecular weight excluding hydrogens is 499 g/mol. The molecule has 0 amide bonds. The van der Waals surface area contributed by atoms with Crippen molar-refractivity contribution in [3.05, 3.63) is 93.4 Å². The Hall–Kier alpha value is -2.71. The second-order valence-corrected chi connectivity index (χ2v) is 8.50. The molecule has 4 aromatic rings. The van der Waals surface area contributed by atoms with Crippen molar-refractivity contribution in [2.75, 3.05) is 7.11 Å². The van der Waals surface area contributed by atoms with E-state index in [0.717, 1.165) is 41.2 Å². The van der Waals surface area contributed by atoms with Gasteiger partial charge in [0, 0.05) is 46.4 Å². The lowest BCUT2D eigenvalue weighted by atomic mass is 10.0. The molecule has 158 valence electrons. The van der Waals surface area contributed by atoms with Crippen molar-refractivity contribution in [1.29, 1.82) is 0 Å². The van der Waals surface area contributed by atoms with E-state index in [4.69, 9.17) is 9.84 Å². The maximum atomic E-state index is 5.36. The summed E-state index contributed by atoms with van der Waals surface area (Å²) in [5, 5.41) is 8.48. The molecular formula is C25H25IN4O. The van der Waals surface area contributed by atoms with Gasteiger partial charge < -0.3 is 10.1 Å². The first-order valence-corrected chi connectivity index (χ1v) is 11.4. The van der Waals surface area contributed by atoms with Crippen LogP contribution in [-0.2, 0) is 19.5 Å². The molecule has 31 heavy (non-hydrogen) atoms. The van der Waals surface area contributed by atoms with E-state index in [-0.39, 0.29) is 0 Å². The molecule has 1 N–H and O–H groups in total.